The molecule has 0 aliphatic heterocycles. The molecule has 0 saturated carbocycles. The number of nitrogens with two attached hydrogens (primary N) is 1. The normalized spacial score (nSPS) is 10.2. The molecule has 94 valence electrons. The minimum absolute atomic E-state index is 0.541. The zero-order valence-electron chi connectivity index (χ0n) is 9.81. The molecule has 0 amide bonds. The van der Waals surface area contributed by atoms with E-state index in [1.165, 1.54) is 6.33 Å². The van der Waals surface area contributed by atoms with Crippen LogP contribution in [0.5, 0.6) is 0 Å². The molecule has 2 aromatic heterocycles. The zero-order chi connectivity index (χ0) is 13.0. The van der Waals surface area contributed by atoms with Crippen LogP contribution in [-0.4, -0.2) is 15.0 Å². The fourth-order valence-electron chi connectivity index (χ4n) is 1.47. The van der Waals surface area contributed by atoms with Gasteiger partial charge >= 0.3 is 0 Å². The number of pyridine rings is 1. The number of hydrogen-bond donors (Lipinski definition) is 3. The van der Waals surface area contributed by atoms with Crippen molar-refractivity contribution in [2.24, 2.45) is 5.84 Å². The van der Waals surface area contributed by atoms with Crippen molar-refractivity contribution in [1.82, 2.24) is 15.0 Å². The number of hydrogen-bond acceptors (Lipinski definition) is 6. The topological polar surface area (TPSA) is 88.8 Å². The van der Waals surface area contributed by atoms with E-state index in [0.717, 1.165) is 11.1 Å². The highest BCUT2D eigenvalue weighted by Crippen LogP contribution is 2.26. The fraction of sp³-hybridized carbons (Fsp3) is 0.182. The van der Waals surface area contributed by atoms with Gasteiger partial charge in [0.05, 0.1) is 0 Å². The van der Waals surface area contributed by atoms with Crippen molar-refractivity contribution in [1.29, 1.82) is 0 Å². The molecule has 4 N–H and O–H groups in total. The smallest absolute Gasteiger partial charge is 0.159 e. The molecule has 0 aliphatic carbocycles. The number of halogens is 1. The van der Waals surface area contributed by atoms with E-state index >= 15 is 0 Å². The van der Waals surface area contributed by atoms with Crippen LogP contribution in [-0.2, 0) is 6.54 Å². The first-order valence-electron chi connectivity index (χ1n) is 5.33. The quantitative estimate of drug-likeness (QED) is 0.590. The molecule has 0 saturated heterocycles. The van der Waals surface area contributed by atoms with E-state index < -0.39 is 0 Å². The van der Waals surface area contributed by atoms with Gasteiger partial charge in [-0.2, -0.15) is 0 Å². The third-order valence-electron chi connectivity index (χ3n) is 2.51. The zero-order valence-corrected chi connectivity index (χ0v) is 11.4. The lowest BCUT2D eigenvalue weighted by molar-refractivity contribution is 1.04. The Bertz CT molecular complexity index is 545. The molecule has 2 aromatic rings. The lowest BCUT2D eigenvalue weighted by Crippen LogP contribution is -2.11. The summed E-state index contributed by atoms with van der Waals surface area (Å²) in [5, 5.41) is 3.22. The summed E-state index contributed by atoms with van der Waals surface area (Å²) in [6.45, 7) is 2.68. The van der Waals surface area contributed by atoms with Gasteiger partial charge in [-0.25, -0.2) is 15.8 Å². The number of nitrogens with zero attached hydrogens (tertiary/aromatic N) is 3. The molecule has 0 spiro atoms. The van der Waals surface area contributed by atoms with Crippen LogP contribution in [0, 0.1) is 6.92 Å². The lowest BCUT2D eigenvalue weighted by Gasteiger charge is -2.10. The second kappa shape index (κ2) is 5.74. The predicted octanol–water partition coefficient (Wildman–Crippen LogP) is 1.84. The Morgan fingerprint density at radius 3 is 2.83 bits per heavy atom. The predicted molar refractivity (Wildman–Crippen MR) is 73.8 cm³/mol. The van der Waals surface area contributed by atoms with E-state index in [-0.39, 0.29) is 0 Å². The third kappa shape index (κ3) is 2.74. The van der Waals surface area contributed by atoms with Gasteiger partial charge in [-0.05, 0) is 40.0 Å². The van der Waals surface area contributed by atoms with Crippen molar-refractivity contribution in [2.75, 3.05) is 10.7 Å². The number of hydrazine groups is 1. The molecule has 0 atom stereocenters. The summed E-state index contributed by atoms with van der Waals surface area (Å²) in [5.74, 6) is 6.57. The van der Waals surface area contributed by atoms with Gasteiger partial charge in [0, 0.05) is 18.9 Å². The highest BCUT2D eigenvalue weighted by Gasteiger charge is 2.07. The molecule has 0 aliphatic rings. The van der Waals surface area contributed by atoms with Crippen molar-refractivity contribution in [3.8, 4) is 0 Å². The Hall–Kier alpha value is -1.73. The van der Waals surface area contributed by atoms with Crippen molar-refractivity contribution < 1.29 is 0 Å². The van der Waals surface area contributed by atoms with Gasteiger partial charge in [0.2, 0.25) is 0 Å². The van der Waals surface area contributed by atoms with Gasteiger partial charge in [-0.15, -0.1) is 0 Å². The number of nitrogens with one attached hydrogen (secondary N) is 2. The molecule has 2 rings (SSSR count). The van der Waals surface area contributed by atoms with Crippen LogP contribution in [0.15, 0.2) is 29.3 Å². The maximum Gasteiger partial charge on any atom is 0.159 e. The largest absolute Gasteiger partial charge is 0.365 e. The molecule has 0 radical (unpaired) electrons. The first-order chi connectivity index (χ1) is 8.72. The highest BCUT2D eigenvalue weighted by molar-refractivity contribution is 9.10. The Morgan fingerprint density at radius 2 is 2.11 bits per heavy atom. The van der Waals surface area contributed by atoms with Crippen molar-refractivity contribution in [3.63, 3.8) is 0 Å². The van der Waals surface area contributed by atoms with Gasteiger partial charge in [-0.3, -0.25) is 4.98 Å². The van der Waals surface area contributed by atoms with Crippen molar-refractivity contribution in [2.45, 2.75) is 13.5 Å². The second-order valence-electron chi connectivity index (χ2n) is 3.68. The average Bonchev–Trinajstić information content (AvgIpc) is 2.39. The molecular weight excluding hydrogens is 296 g/mol. The summed E-state index contributed by atoms with van der Waals surface area (Å²) in [6.07, 6.45) is 5.05. The summed E-state index contributed by atoms with van der Waals surface area (Å²) in [6, 6.07) is 1.97. The van der Waals surface area contributed by atoms with Gasteiger partial charge in [0.15, 0.2) is 5.82 Å². The first-order valence-corrected chi connectivity index (χ1v) is 6.12. The van der Waals surface area contributed by atoms with Gasteiger partial charge in [-0.1, -0.05) is 0 Å². The van der Waals surface area contributed by atoms with Crippen molar-refractivity contribution in [3.05, 3.63) is 40.4 Å². The Morgan fingerprint density at radius 1 is 1.33 bits per heavy atom. The SMILES string of the molecule is Cc1cnccc1CNc1ncnc(NN)c1Br. The molecular formula is C11H13BrN6. The van der Waals surface area contributed by atoms with E-state index in [9.17, 15) is 0 Å². The van der Waals surface area contributed by atoms with Crippen LogP contribution < -0.4 is 16.6 Å². The second-order valence-corrected chi connectivity index (χ2v) is 4.48. The summed E-state index contributed by atoms with van der Waals surface area (Å²) in [7, 11) is 0. The van der Waals surface area contributed by atoms with E-state index in [1.807, 2.05) is 19.2 Å². The molecule has 18 heavy (non-hydrogen) atoms. The molecule has 0 fully saturated rings. The first kappa shape index (κ1) is 12.7. The van der Waals surface area contributed by atoms with E-state index in [0.29, 0.717) is 22.7 Å². The maximum atomic E-state index is 5.34. The van der Waals surface area contributed by atoms with Gasteiger partial charge in [0.25, 0.3) is 0 Å². The molecule has 0 bridgehead atoms. The Balaban J connectivity index is 2.14. The monoisotopic (exact) mass is 308 g/mol. The molecule has 0 unspecified atom stereocenters. The minimum Gasteiger partial charge on any atom is -0.365 e. The number of anilines is 2. The highest BCUT2D eigenvalue weighted by atomic mass is 79.9. The minimum atomic E-state index is 0.541. The van der Waals surface area contributed by atoms with Gasteiger partial charge in [0.1, 0.15) is 16.6 Å². The summed E-state index contributed by atoms with van der Waals surface area (Å²) in [4.78, 5) is 12.2. The van der Waals surface area contributed by atoms with Crippen LogP contribution >= 0.6 is 15.9 Å². The van der Waals surface area contributed by atoms with Crippen LogP contribution in [0.25, 0.3) is 0 Å². The number of aryl methyl sites for hydroxylation is 1. The number of nitrogen functional groups attached to an aromatic ring is 1. The van der Waals surface area contributed by atoms with E-state index in [2.05, 4.69) is 41.6 Å². The maximum absolute atomic E-state index is 5.34. The van der Waals surface area contributed by atoms with Crippen LogP contribution in [0.4, 0.5) is 11.6 Å². The number of aromatic nitrogens is 3. The number of rotatable bonds is 4. The molecule has 7 heteroatoms. The molecule has 2 heterocycles. The standard InChI is InChI=1S/C11H13BrN6/c1-7-4-14-3-2-8(7)5-15-10-9(12)11(18-13)17-6-16-10/h2-4,6H,5,13H2,1H3,(H2,15,16,17,18). The summed E-state index contributed by atoms with van der Waals surface area (Å²) >= 11 is 3.39. The Labute approximate surface area is 113 Å². The van der Waals surface area contributed by atoms with Crippen LogP contribution in [0.2, 0.25) is 0 Å². The Kier molecular flexibility index (Phi) is 4.06. The average molecular weight is 309 g/mol. The van der Waals surface area contributed by atoms with Gasteiger partial charge < -0.3 is 10.7 Å². The molecule has 6 nitrogen and oxygen atoms in total. The summed E-state index contributed by atoms with van der Waals surface area (Å²) in [5.41, 5.74) is 4.79. The lowest BCUT2D eigenvalue weighted by atomic mass is 10.1. The molecule has 0 aromatic carbocycles. The van der Waals surface area contributed by atoms with E-state index in [1.54, 1.807) is 6.20 Å². The fourth-order valence-corrected chi connectivity index (χ4v) is 1.93. The third-order valence-corrected chi connectivity index (χ3v) is 3.26. The van der Waals surface area contributed by atoms with E-state index in [4.69, 9.17) is 5.84 Å². The van der Waals surface area contributed by atoms with Crippen molar-refractivity contribution >= 4 is 27.6 Å². The van der Waals surface area contributed by atoms with Crippen LogP contribution in [0.3, 0.4) is 0 Å². The summed E-state index contributed by atoms with van der Waals surface area (Å²) < 4.78 is 0.708. The van der Waals surface area contributed by atoms with Crippen LogP contribution in [0.1, 0.15) is 11.1 Å².